The fourth-order valence-electron chi connectivity index (χ4n) is 9.04. The zero-order chi connectivity index (χ0) is 57.5. The van der Waals surface area contributed by atoms with Crippen LogP contribution in [0.3, 0.4) is 0 Å². The molecular formula is C51H44N4O19S4. The van der Waals surface area contributed by atoms with Crippen LogP contribution in [0.1, 0.15) is 54.1 Å². The third-order valence-electron chi connectivity index (χ3n) is 12.6. The van der Waals surface area contributed by atoms with Crippen LogP contribution in [0.15, 0.2) is 120 Å². The molecule has 0 aromatic heterocycles. The van der Waals surface area contributed by atoms with E-state index in [0.29, 0.717) is 52.2 Å². The van der Waals surface area contributed by atoms with E-state index in [-0.39, 0.29) is 67.3 Å². The van der Waals surface area contributed by atoms with E-state index >= 15 is 0 Å². The lowest BCUT2D eigenvalue weighted by molar-refractivity contribution is 0.0682. The highest BCUT2D eigenvalue weighted by Crippen LogP contribution is 2.45. The number of phenolic OH excluding ortho intramolecular Hbond substituents is 2. The monoisotopic (exact) mass is 1140 g/mol. The van der Waals surface area contributed by atoms with E-state index in [1.807, 2.05) is 0 Å². The first-order chi connectivity index (χ1) is 36.2. The zero-order valence-electron chi connectivity index (χ0n) is 41.3. The maximum absolute atomic E-state index is 13.8. The van der Waals surface area contributed by atoms with Crippen LogP contribution in [0, 0.1) is 41.5 Å². The number of aryl methyl sites for hydroxylation is 4. The molecule has 6 aromatic carbocycles. The van der Waals surface area contributed by atoms with Gasteiger partial charge in [0.25, 0.3) is 40.3 Å². The van der Waals surface area contributed by atoms with Crippen molar-refractivity contribution < 1.29 is 87.4 Å². The Balaban J connectivity index is 1.33. The topological polar surface area (TPSA) is 394 Å². The van der Waals surface area contributed by atoms with Gasteiger partial charge in [-0.15, -0.1) is 0 Å². The molecule has 6 aromatic rings. The number of carbonyl (C=O) groups is 2. The highest BCUT2D eigenvalue weighted by atomic mass is 32.2. The molecule has 0 bridgehead atoms. The van der Waals surface area contributed by atoms with Crippen LogP contribution in [0.2, 0.25) is 0 Å². The highest BCUT2D eigenvalue weighted by molar-refractivity contribution is 7.93. The maximum atomic E-state index is 13.8. The molecule has 1 aliphatic carbocycles. The first-order valence-corrected chi connectivity index (χ1v) is 28.3. The number of nitrogens with zero attached hydrogens (tertiary/aromatic N) is 1. The second kappa shape index (κ2) is 19.7. The summed E-state index contributed by atoms with van der Waals surface area (Å²) in [5, 5.41) is 62.9. The number of rotatable bonds is 14. The van der Waals surface area contributed by atoms with E-state index < -0.39 is 111 Å². The van der Waals surface area contributed by atoms with E-state index in [1.165, 1.54) is 56.3 Å². The van der Waals surface area contributed by atoms with Gasteiger partial charge in [-0.3, -0.25) is 18.5 Å². The fraction of sp³-hybridized carbons (Fsp3) is 0.118. The predicted octanol–water partition coefficient (Wildman–Crippen LogP) is 8.34. The second-order valence-corrected chi connectivity index (χ2v) is 24.0. The molecule has 1 aliphatic heterocycles. The molecular weight excluding hydrogens is 1100 g/mol. The minimum atomic E-state index is -5.27. The van der Waals surface area contributed by atoms with E-state index in [9.17, 15) is 83.0 Å². The number of anilines is 4. The van der Waals surface area contributed by atoms with E-state index in [1.54, 1.807) is 33.8 Å². The first-order valence-electron chi connectivity index (χ1n) is 22.5. The van der Waals surface area contributed by atoms with Gasteiger partial charge in [-0.2, -0.15) is 16.8 Å². The van der Waals surface area contributed by atoms with Gasteiger partial charge in [0.05, 0.1) is 22.4 Å². The Bertz CT molecular complexity index is 4460. The molecule has 0 saturated heterocycles. The maximum Gasteiger partial charge on any atom is 0.339 e. The van der Waals surface area contributed by atoms with Gasteiger partial charge in [0, 0.05) is 57.7 Å². The predicted molar refractivity (Wildman–Crippen MR) is 283 cm³/mol. The normalized spacial score (nSPS) is 12.5. The van der Waals surface area contributed by atoms with Crippen molar-refractivity contribution >= 4 is 91.6 Å². The minimum Gasteiger partial charge on any atom is -0.507 e. The van der Waals surface area contributed by atoms with Crippen LogP contribution < -0.4 is 20.1 Å². The van der Waals surface area contributed by atoms with Gasteiger partial charge in [-0.25, -0.2) is 31.4 Å². The molecule has 11 N–H and O–H groups in total. The summed E-state index contributed by atoms with van der Waals surface area (Å²) < 4.78 is 140. The standard InChI is InChI=1S/C51H44N4O19S4/c1-22-13-24(3)48(54-75(64,65)43-16-31(50(60)61)35(56)20-37(43)58)26(5)46(22)52-28-11-12-29-39(15-28)74-40-19-34(42(78(71,72)73)18-33(40)45(29)30-9-7-8-10-41(30)77(68,69)70)53-47-23(2)14-25(4)49(27(47)6)55-76(66,67)44-17-32(51(62)63)36(57)21-38(44)59/h7-21,52,54-59H,1-6H3,(H,60,61)(H,62,63)(H,68,69,70)(H,71,72,73). The molecule has 1 heterocycles. The molecule has 0 unspecified atom stereocenters. The molecule has 0 spiro atoms. The summed E-state index contributed by atoms with van der Waals surface area (Å²) in [6.45, 7) is 9.34. The summed E-state index contributed by atoms with van der Waals surface area (Å²) in [6.07, 6.45) is 0. The van der Waals surface area contributed by atoms with Crippen LogP contribution in [-0.4, -0.2) is 85.4 Å². The fourth-order valence-corrected chi connectivity index (χ4v) is 13.0. The summed E-state index contributed by atoms with van der Waals surface area (Å²) in [6, 6.07) is 17.1. The average Bonchev–Trinajstić information content (AvgIpc) is 3.33. The number of aromatic carboxylic acids is 2. The van der Waals surface area contributed by atoms with Crippen LogP contribution >= 0.6 is 0 Å². The van der Waals surface area contributed by atoms with E-state index in [2.05, 4.69) is 19.8 Å². The minimum absolute atomic E-state index is 0.0125. The number of sulfonamides is 2. The number of hydrogen-bond acceptors (Lipinski definition) is 17. The first kappa shape index (κ1) is 55.5. The average molecular weight is 1150 g/mol. The Morgan fingerprint density at radius 3 is 1.54 bits per heavy atom. The number of aromatic hydroxyl groups is 4. The van der Waals surface area contributed by atoms with Crippen molar-refractivity contribution in [3.8, 4) is 45.4 Å². The third-order valence-corrected chi connectivity index (χ3v) is 17.1. The van der Waals surface area contributed by atoms with Crippen molar-refractivity contribution in [2.24, 2.45) is 4.99 Å². The summed E-state index contributed by atoms with van der Waals surface area (Å²) in [4.78, 5) is 24.9. The van der Waals surface area contributed by atoms with Gasteiger partial charge < -0.3 is 40.4 Å². The summed E-state index contributed by atoms with van der Waals surface area (Å²) >= 11 is 0. The van der Waals surface area contributed by atoms with E-state index in [0.717, 1.165) is 18.2 Å². The summed E-state index contributed by atoms with van der Waals surface area (Å²) in [7, 11) is -19.8. The van der Waals surface area contributed by atoms with Crippen molar-refractivity contribution in [2.75, 3.05) is 14.8 Å². The molecule has 0 fully saturated rings. The second-order valence-electron chi connectivity index (χ2n) is 17.9. The molecule has 78 heavy (non-hydrogen) atoms. The Kier molecular flexibility index (Phi) is 14.0. The van der Waals surface area contributed by atoms with Crippen molar-refractivity contribution in [1.82, 2.24) is 0 Å². The molecule has 0 saturated carbocycles. The zero-order valence-corrected chi connectivity index (χ0v) is 44.6. The third kappa shape index (κ3) is 10.3. The number of nitrogens with one attached hydrogen (secondary N) is 3. The van der Waals surface area contributed by atoms with Crippen molar-refractivity contribution in [2.45, 2.75) is 61.1 Å². The van der Waals surface area contributed by atoms with Gasteiger partial charge in [0.15, 0.2) is 0 Å². The number of hydrogen-bond donors (Lipinski definition) is 11. The molecule has 2 aliphatic rings. The molecule has 8 rings (SSSR count). The van der Waals surface area contributed by atoms with E-state index in [4.69, 9.17) is 4.42 Å². The van der Waals surface area contributed by atoms with Crippen molar-refractivity contribution in [3.63, 3.8) is 0 Å². The van der Waals surface area contributed by atoms with Crippen LogP contribution in [0.4, 0.5) is 28.4 Å². The largest absolute Gasteiger partial charge is 0.507 e. The Hall–Kier alpha value is -8.73. The lowest BCUT2D eigenvalue weighted by Gasteiger charge is -2.21. The molecule has 0 atom stereocenters. The van der Waals surface area contributed by atoms with Gasteiger partial charge in [0.2, 0.25) is 0 Å². The number of benzene rings is 7. The molecule has 27 heteroatoms. The van der Waals surface area contributed by atoms with Crippen LogP contribution in [0.5, 0.6) is 23.0 Å². The molecule has 23 nitrogen and oxygen atoms in total. The lowest BCUT2D eigenvalue weighted by Crippen LogP contribution is -2.17. The lowest BCUT2D eigenvalue weighted by atomic mass is 9.93. The SMILES string of the molecule is Cc1cc(C)c(NS(=O)(=O)c2cc(C(=O)O)c(O)cc2O)c(C)c1N=c1cc2oc3cc(Nc4c(C)cc(C)c(NS(=O)(=O)c5cc(C(=O)O)c(O)cc5O)c4C)ccc3c(-c3ccccc3S(=O)(=O)O)c-2cc1S(=O)(=O)O. The highest BCUT2D eigenvalue weighted by Gasteiger charge is 2.30. The van der Waals surface area contributed by atoms with Crippen molar-refractivity contribution in [1.29, 1.82) is 0 Å². The number of carboxylic acids is 2. The molecule has 0 radical (unpaired) electrons. The Morgan fingerprint density at radius 1 is 0.513 bits per heavy atom. The van der Waals surface area contributed by atoms with Gasteiger partial charge in [0.1, 0.15) is 65.1 Å². The van der Waals surface area contributed by atoms with Gasteiger partial charge in [-0.1, -0.05) is 30.3 Å². The summed E-state index contributed by atoms with van der Waals surface area (Å²) in [5.74, 6) is -7.26. The summed E-state index contributed by atoms with van der Waals surface area (Å²) in [5.41, 5.74) is 0.480. The molecule has 406 valence electrons. The smallest absolute Gasteiger partial charge is 0.339 e. The number of fused-ring (bicyclic) bond motifs is 2. The van der Waals surface area contributed by atoms with Crippen molar-refractivity contribution in [3.05, 3.63) is 141 Å². The Morgan fingerprint density at radius 2 is 1.01 bits per heavy atom. The Labute approximate surface area is 444 Å². The van der Waals surface area contributed by atoms with Gasteiger partial charge >= 0.3 is 11.9 Å². The van der Waals surface area contributed by atoms with Crippen LogP contribution in [0.25, 0.3) is 33.4 Å². The number of carboxylic acid groups (broad SMARTS) is 2. The quantitative estimate of drug-likeness (QED) is 0.0360. The van der Waals surface area contributed by atoms with Gasteiger partial charge in [-0.05, 0) is 111 Å². The number of phenols is 4. The molecule has 0 amide bonds. The van der Waals surface area contributed by atoms with Crippen LogP contribution in [-0.2, 0) is 40.3 Å².